The molecule has 0 heterocycles. The molecule has 0 atom stereocenters. The van der Waals surface area contributed by atoms with Crippen LogP contribution >= 0.6 is 0 Å². The predicted molar refractivity (Wildman–Crippen MR) is 74.7 cm³/mol. The predicted octanol–water partition coefficient (Wildman–Crippen LogP) is 3.28. The van der Waals surface area contributed by atoms with Crippen LogP contribution in [0, 0.1) is 0 Å². The van der Waals surface area contributed by atoms with Gasteiger partial charge in [-0.05, 0) is 30.4 Å². The van der Waals surface area contributed by atoms with Gasteiger partial charge in [0, 0.05) is 12.2 Å². The molecule has 0 radical (unpaired) electrons. The van der Waals surface area contributed by atoms with E-state index in [0.29, 0.717) is 11.7 Å². The van der Waals surface area contributed by atoms with Crippen molar-refractivity contribution in [1.82, 2.24) is 0 Å². The molecule has 0 unspecified atom stereocenters. The standard InChI is InChI=1S/C16H18O4/c17-15(18)10-11-16(19)20-14-9-5-4-8-13(14)12-6-2-1-3-7-12/h4-5,8-12H,1-3,6-7H2,(H,17,18)/b11-10-. The molecule has 1 aliphatic carbocycles. The summed E-state index contributed by atoms with van der Waals surface area (Å²) in [6, 6.07) is 7.50. The van der Waals surface area contributed by atoms with E-state index in [0.717, 1.165) is 30.6 Å². The Balaban J connectivity index is 2.11. The van der Waals surface area contributed by atoms with Crippen molar-refractivity contribution in [3.8, 4) is 5.75 Å². The smallest absolute Gasteiger partial charge is 0.336 e. The van der Waals surface area contributed by atoms with Crippen LogP contribution in [0.4, 0.5) is 0 Å². The molecule has 1 N–H and O–H groups in total. The molecule has 4 heteroatoms. The van der Waals surface area contributed by atoms with Gasteiger partial charge in [-0.15, -0.1) is 0 Å². The molecule has 20 heavy (non-hydrogen) atoms. The minimum absolute atomic E-state index is 0.427. The molecule has 1 aliphatic rings. The SMILES string of the molecule is O=C(O)/C=C\C(=O)Oc1ccccc1C1CCCCC1. The number of carbonyl (C=O) groups excluding carboxylic acids is 1. The van der Waals surface area contributed by atoms with Gasteiger partial charge in [0.2, 0.25) is 0 Å². The molecule has 0 saturated heterocycles. The number of carbonyl (C=O) groups is 2. The van der Waals surface area contributed by atoms with Crippen LogP contribution in [0.15, 0.2) is 36.4 Å². The van der Waals surface area contributed by atoms with Gasteiger partial charge in [0.05, 0.1) is 0 Å². The summed E-state index contributed by atoms with van der Waals surface area (Å²) in [7, 11) is 0. The average Bonchev–Trinajstić information content (AvgIpc) is 2.47. The molecule has 1 aromatic rings. The fraction of sp³-hybridized carbons (Fsp3) is 0.375. The van der Waals surface area contributed by atoms with Gasteiger partial charge in [-0.2, -0.15) is 0 Å². The summed E-state index contributed by atoms with van der Waals surface area (Å²) >= 11 is 0. The first-order valence-electron chi connectivity index (χ1n) is 6.88. The molecule has 0 amide bonds. The third-order valence-corrected chi connectivity index (χ3v) is 3.54. The second-order valence-electron chi connectivity index (χ2n) is 4.97. The molecule has 1 fully saturated rings. The minimum atomic E-state index is -1.16. The first-order valence-corrected chi connectivity index (χ1v) is 6.88. The van der Waals surface area contributed by atoms with Crippen LogP contribution in [-0.2, 0) is 9.59 Å². The highest BCUT2D eigenvalue weighted by Gasteiger charge is 2.19. The summed E-state index contributed by atoms with van der Waals surface area (Å²) in [5.41, 5.74) is 1.05. The summed E-state index contributed by atoms with van der Waals surface area (Å²) < 4.78 is 5.26. The highest BCUT2D eigenvalue weighted by Crippen LogP contribution is 2.37. The highest BCUT2D eigenvalue weighted by atomic mass is 16.5. The second-order valence-corrected chi connectivity index (χ2v) is 4.97. The van der Waals surface area contributed by atoms with Crippen LogP contribution in [0.3, 0.4) is 0 Å². The van der Waals surface area contributed by atoms with E-state index in [1.54, 1.807) is 6.07 Å². The van der Waals surface area contributed by atoms with E-state index in [9.17, 15) is 9.59 Å². The van der Waals surface area contributed by atoms with Crippen molar-refractivity contribution in [2.45, 2.75) is 38.0 Å². The maximum atomic E-state index is 11.6. The fourth-order valence-electron chi connectivity index (χ4n) is 2.61. The lowest BCUT2D eigenvalue weighted by Crippen LogP contribution is -2.10. The second kappa shape index (κ2) is 6.89. The van der Waals surface area contributed by atoms with Crippen molar-refractivity contribution < 1.29 is 19.4 Å². The van der Waals surface area contributed by atoms with E-state index in [1.807, 2.05) is 18.2 Å². The minimum Gasteiger partial charge on any atom is -0.478 e. The summed E-state index contributed by atoms with van der Waals surface area (Å²) in [6.07, 6.45) is 7.60. The molecule has 4 nitrogen and oxygen atoms in total. The van der Waals surface area contributed by atoms with Gasteiger partial charge >= 0.3 is 11.9 Å². The van der Waals surface area contributed by atoms with Crippen LogP contribution < -0.4 is 4.74 Å². The van der Waals surface area contributed by atoms with Gasteiger partial charge in [-0.25, -0.2) is 9.59 Å². The van der Waals surface area contributed by atoms with E-state index in [2.05, 4.69) is 0 Å². The molecule has 0 bridgehead atoms. The first kappa shape index (κ1) is 14.3. The van der Waals surface area contributed by atoms with Crippen molar-refractivity contribution in [2.24, 2.45) is 0 Å². The van der Waals surface area contributed by atoms with E-state index in [-0.39, 0.29) is 0 Å². The van der Waals surface area contributed by atoms with Gasteiger partial charge in [0.15, 0.2) is 0 Å². The maximum Gasteiger partial charge on any atom is 0.336 e. The largest absolute Gasteiger partial charge is 0.478 e. The van der Waals surface area contributed by atoms with Crippen LogP contribution in [0.1, 0.15) is 43.6 Å². The quantitative estimate of drug-likeness (QED) is 0.520. The third-order valence-electron chi connectivity index (χ3n) is 3.54. The van der Waals surface area contributed by atoms with E-state index in [4.69, 9.17) is 9.84 Å². The Morgan fingerprint density at radius 1 is 1.10 bits per heavy atom. The van der Waals surface area contributed by atoms with Crippen molar-refractivity contribution in [2.75, 3.05) is 0 Å². The molecular weight excluding hydrogens is 256 g/mol. The zero-order valence-corrected chi connectivity index (χ0v) is 11.2. The van der Waals surface area contributed by atoms with Gasteiger partial charge in [-0.3, -0.25) is 0 Å². The summed E-state index contributed by atoms with van der Waals surface area (Å²) in [5.74, 6) is -0.853. The molecule has 0 spiro atoms. The van der Waals surface area contributed by atoms with E-state index < -0.39 is 11.9 Å². The highest BCUT2D eigenvalue weighted by molar-refractivity contribution is 5.91. The Bertz CT molecular complexity index is 513. The fourth-order valence-corrected chi connectivity index (χ4v) is 2.61. The number of rotatable bonds is 4. The normalized spacial score (nSPS) is 16.2. The lowest BCUT2D eigenvalue weighted by molar-refractivity contribution is -0.133. The number of carboxylic acids is 1. The van der Waals surface area contributed by atoms with Crippen LogP contribution in [0.25, 0.3) is 0 Å². The number of para-hydroxylation sites is 1. The number of hydrogen-bond acceptors (Lipinski definition) is 3. The van der Waals surface area contributed by atoms with Gasteiger partial charge < -0.3 is 9.84 Å². The Morgan fingerprint density at radius 2 is 1.80 bits per heavy atom. The number of benzene rings is 1. The maximum absolute atomic E-state index is 11.6. The Morgan fingerprint density at radius 3 is 2.50 bits per heavy atom. The van der Waals surface area contributed by atoms with Crippen molar-refractivity contribution in [3.05, 3.63) is 42.0 Å². The number of aliphatic carboxylic acids is 1. The van der Waals surface area contributed by atoms with Crippen molar-refractivity contribution >= 4 is 11.9 Å². The topological polar surface area (TPSA) is 63.6 Å². The molecule has 1 aromatic carbocycles. The molecule has 1 saturated carbocycles. The molecule has 106 valence electrons. The zero-order valence-electron chi connectivity index (χ0n) is 11.2. The van der Waals surface area contributed by atoms with Gasteiger partial charge in [0.1, 0.15) is 5.75 Å². The number of carboxylic acid groups (broad SMARTS) is 1. The number of esters is 1. The summed E-state index contributed by atoms with van der Waals surface area (Å²) in [5, 5.41) is 8.49. The van der Waals surface area contributed by atoms with Crippen LogP contribution in [-0.4, -0.2) is 17.0 Å². The van der Waals surface area contributed by atoms with E-state index >= 15 is 0 Å². The molecule has 0 aliphatic heterocycles. The lowest BCUT2D eigenvalue weighted by atomic mass is 9.84. The van der Waals surface area contributed by atoms with Gasteiger partial charge in [-0.1, -0.05) is 37.5 Å². The first-order chi connectivity index (χ1) is 9.66. The Labute approximate surface area is 118 Å². The van der Waals surface area contributed by atoms with E-state index in [1.165, 1.54) is 19.3 Å². The molecule has 2 rings (SSSR count). The third kappa shape index (κ3) is 3.95. The van der Waals surface area contributed by atoms with Crippen LogP contribution in [0.2, 0.25) is 0 Å². The van der Waals surface area contributed by atoms with Gasteiger partial charge in [0.25, 0.3) is 0 Å². The summed E-state index contributed by atoms with van der Waals surface area (Å²) in [4.78, 5) is 22.0. The Hall–Kier alpha value is -2.10. The monoisotopic (exact) mass is 274 g/mol. The summed E-state index contributed by atoms with van der Waals surface area (Å²) in [6.45, 7) is 0. The molecular formula is C16H18O4. The Kier molecular flexibility index (Phi) is 4.93. The molecule has 0 aromatic heterocycles. The number of ether oxygens (including phenoxy) is 1. The van der Waals surface area contributed by atoms with Crippen molar-refractivity contribution in [1.29, 1.82) is 0 Å². The number of hydrogen-bond donors (Lipinski definition) is 1. The van der Waals surface area contributed by atoms with Crippen LogP contribution in [0.5, 0.6) is 5.75 Å². The zero-order chi connectivity index (χ0) is 14.4. The lowest BCUT2D eigenvalue weighted by Gasteiger charge is -2.23. The van der Waals surface area contributed by atoms with Crippen molar-refractivity contribution in [3.63, 3.8) is 0 Å². The average molecular weight is 274 g/mol.